The maximum Gasteiger partial charge on any atom is 0.253 e. The van der Waals surface area contributed by atoms with Crippen molar-refractivity contribution in [3.8, 4) is 0 Å². The number of nitrogens with one attached hydrogen (secondary N) is 2. The molecule has 1 aromatic heterocycles. The minimum atomic E-state index is -0.113. The lowest BCUT2D eigenvalue weighted by molar-refractivity contribution is -0.118. The summed E-state index contributed by atoms with van der Waals surface area (Å²) in [7, 11) is 1.81. The number of aromatic amines is 1. The van der Waals surface area contributed by atoms with Crippen molar-refractivity contribution in [3.05, 3.63) is 68.5 Å². The topological polar surface area (TPSA) is 65.2 Å². The fraction of sp³-hybridized carbons (Fsp3) is 0.238. The average molecular weight is 382 g/mol. The van der Waals surface area contributed by atoms with Crippen molar-refractivity contribution in [3.63, 3.8) is 0 Å². The Morgan fingerprint density at radius 2 is 1.96 bits per heavy atom. The molecule has 0 atom stereocenters. The van der Waals surface area contributed by atoms with Crippen LogP contribution in [-0.2, 0) is 17.8 Å². The molecule has 27 heavy (non-hydrogen) atoms. The summed E-state index contributed by atoms with van der Waals surface area (Å²) in [5.74, 6) is 0.143. The summed E-state index contributed by atoms with van der Waals surface area (Å²) in [6, 6.07) is 11.2. The van der Waals surface area contributed by atoms with Crippen molar-refractivity contribution in [1.29, 1.82) is 0 Å². The van der Waals surface area contributed by atoms with Gasteiger partial charge in [0.1, 0.15) is 0 Å². The number of rotatable bonds is 3. The molecule has 1 amide bonds. The van der Waals surface area contributed by atoms with E-state index in [1.807, 2.05) is 37.4 Å². The molecule has 0 saturated heterocycles. The zero-order chi connectivity index (χ0) is 19.1. The van der Waals surface area contributed by atoms with Crippen LogP contribution in [0.3, 0.4) is 0 Å². The van der Waals surface area contributed by atoms with E-state index in [1.54, 1.807) is 11.0 Å². The standard InChI is InChI=1S/C21H20ClN3O2/c1-12-16-4-8-20(26)25(2)19(16)7-6-17(12)23-11-14-9-13-10-15(22)3-5-18(13)24-21(14)27/h3,5-7,9-10,23H,4,8,11H2,1-2H3,(H,24,27). The summed E-state index contributed by atoms with van der Waals surface area (Å²) in [4.78, 5) is 28.9. The lowest BCUT2D eigenvalue weighted by atomic mass is 9.95. The highest BCUT2D eigenvalue weighted by atomic mass is 35.5. The van der Waals surface area contributed by atoms with Gasteiger partial charge in [-0.2, -0.15) is 0 Å². The number of nitrogens with zero attached hydrogens (tertiary/aromatic N) is 1. The largest absolute Gasteiger partial charge is 0.381 e. The summed E-state index contributed by atoms with van der Waals surface area (Å²) in [6.07, 6.45) is 1.27. The molecule has 6 heteroatoms. The van der Waals surface area contributed by atoms with Crippen LogP contribution < -0.4 is 15.8 Å². The van der Waals surface area contributed by atoms with Crippen LogP contribution in [0.25, 0.3) is 10.9 Å². The van der Waals surface area contributed by atoms with Crippen molar-refractivity contribution in [1.82, 2.24) is 4.98 Å². The predicted octanol–water partition coefficient (Wildman–Crippen LogP) is 4.01. The second kappa shape index (κ2) is 6.74. The van der Waals surface area contributed by atoms with Gasteiger partial charge in [0.2, 0.25) is 5.91 Å². The fourth-order valence-electron chi connectivity index (χ4n) is 3.64. The van der Waals surface area contributed by atoms with Gasteiger partial charge in [-0.05, 0) is 60.9 Å². The highest BCUT2D eigenvalue weighted by Gasteiger charge is 2.23. The maximum atomic E-state index is 12.4. The van der Waals surface area contributed by atoms with Gasteiger partial charge in [-0.25, -0.2) is 0 Å². The van der Waals surface area contributed by atoms with E-state index in [0.717, 1.165) is 34.3 Å². The minimum Gasteiger partial charge on any atom is -0.381 e. The quantitative estimate of drug-likeness (QED) is 0.720. The van der Waals surface area contributed by atoms with Gasteiger partial charge in [0, 0.05) is 52.9 Å². The first kappa shape index (κ1) is 17.6. The number of halogens is 1. The van der Waals surface area contributed by atoms with Crippen LogP contribution in [0, 0.1) is 6.92 Å². The summed E-state index contributed by atoms with van der Waals surface area (Å²) < 4.78 is 0. The maximum absolute atomic E-state index is 12.4. The molecule has 5 nitrogen and oxygen atoms in total. The Kier molecular flexibility index (Phi) is 4.40. The number of pyridine rings is 1. The molecule has 138 valence electrons. The number of fused-ring (bicyclic) bond motifs is 2. The summed E-state index contributed by atoms with van der Waals surface area (Å²) >= 11 is 6.06. The van der Waals surface area contributed by atoms with Crippen molar-refractivity contribution in [2.75, 3.05) is 17.3 Å². The molecule has 0 radical (unpaired) electrons. The molecule has 2 aromatic carbocycles. The molecule has 4 rings (SSSR count). The van der Waals surface area contributed by atoms with Crippen LogP contribution >= 0.6 is 11.6 Å². The average Bonchev–Trinajstić information content (AvgIpc) is 2.64. The van der Waals surface area contributed by atoms with Crippen LogP contribution in [0.15, 0.2) is 41.2 Å². The molecule has 1 aliphatic heterocycles. The van der Waals surface area contributed by atoms with Crippen molar-refractivity contribution < 1.29 is 4.79 Å². The number of benzene rings is 2. The molecule has 0 saturated carbocycles. The lowest BCUT2D eigenvalue weighted by Crippen LogP contribution is -2.31. The van der Waals surface area contributed by atoms with E-state index >= 15 is 0 Å². The van der Waals surface area contributed by atoms with Gasteiger partial charge in [-0.1, -0.05) is 11.6 Å². The van der Waals surface area contributed by atoms with Gasteiger partial charge in [0.25, 0.3) is 5.56 Å². The van der Waals surface area contributed by atoms with Gasteiger partial charge in [-0.15, -0.1) is 0 Å². The van der Waals surface area contributed by atoms with Crippen LogP contribution in [-0.4, -0.2) is 17.9 Å². The van der Waals surface area contributed by atoms with E-state index in [-0.39, 0.29) is 11.5 Å². The molecule has 1 aliphatic rings. The first-order valence-corrected chi connectivity index (χ1v) is 9.26. The predicted molar refractivity (Wildman–Crippen MR) is 110 cm³/mol. The van der Waals surface area contributed by atoms with Crippen LogP contribution in [0.2, 0.25) is 5.02 Å². The number of hydrogen-bond donors (Lipinski definition) is 2. The molecular weight excluding hydrogens is 362 g/mol. The number of anilines is 2. The van der Waals surface area contributed by atoms with Gasteiger partial charge < -0.3 is 15.2 Å². The van der Waals surface area contributed by atoms with E-state index in [2.05, 4.69) is 17.2 Å². The monoisotopic (exact) mass is 381 g/mol. The van der Waals surface area contributed by atoms with E-state index < -0.39 is 0 Å². The zero-order valence-corrected chi connectivity index (χ0v) is 16.0. The fourth-order valence-corrected chi connectivity index (χ4v) is 3.82. The Labute approximate surface area is 162 Å². The van der Waals surface area contributed by atoms with Crippen LogP contribution in [0.1, 0.15) is 23.1 Å². The number of hydrogen-bond acceptors (Lipinski definition) is 3. The molecule has 0 bridgehead atoms. The normalized spacial score (nSPS) is 13.7. The second-order valence-corrected chi connectivity index (χ2v) is 7.33. The lowest BCUT2D eigenvalue weighted by Gasteiger charge is -2.28. The Bertz CT molecular complexity index is 1120. The van der Waals surface area contributed by atoms with Crippen molar-refractivity contribution >= 4 is 39.8 Å². The Balaban J connectivity index is 1.63. The smallest absolute Gasteiger partial charge is 0.253 e. The third-order valence-corrected chi connectivity index (χ3v) is 5.49. The molecule has 0 unspecified atom stereocenters. The Hall–Kier alpha value is -2.79. The van der Waals surface area contributed by atoms with Gasteiger partial charge in [-0.3, -0.25) is 9.59 Å². The number of carbonyl (C=O) groups is 1. The van der Waals surface area contributed by atoms with E-state index in [1.165, 1.54) is 5.56 Å². The Morgan fingerprint density at radius 1 is 1.15 bits per heavy atom. The number of aromatic nitrogens is 1. The number of amides is 1. The SMILES string of the molecule is Cc1c(NCc2cc3cc(Cl)ccc3[nH]c2=O)ccc2c1CCC(=O)N2C. The van der Waals surface area contributed by atoms with E-state index in [9.17, 15) is 9.59 Å². The van der Waals surface area contributed by atoms with E-state index in [4.69, 9.17) is 11.6 Å². The Morgan fingerprint density at radius 3 is 2.78 bits per heavy atom. The number of H-pyrrole nitrogens is 1. The summed E-state index contributed by atoms with van der Waals surface area (Å²) in [5.41, 5.74) is 5.54. The summed E-state index contributed by atoms with van der Waals surface area (Å²) in [5, 5.41) is 4.91. The van der Waals surface area contributed by atoms with Crippen molar-refractivity contribution in [2.24, 2.45) is 0 Å². The molecule has 0 spiro atoms. The third kappa shape index (κ3) is 3.19. The van der Waals surface area contributed by atoms with Gasteiger partial charge in [0.05, 0.1) is 0 Å². The molecule has 2 N–H and O–H groups in total. The summed E-state index contributed by atoms with van der Waals surface area (Å²) in [6.45, 7) is 2.46. The molecular formula is C21H20ClN3O2. The first-order chi connectivity index (χ1) is 12.9. The molecule has 3 aromatic rings. The van der Waals surface area contributed by atoms with E-state index in [0.29, 0.717) is 23.6 Å². The van der Waals surface area contributed by atoms with Crippen LogP contribution in [0.5, 0.6) is 0 Å². The highest BCUT2D eigenvalue weighted by molar-refractivity contribution is 6.31. The second-order valence-electron chi connectivity index (χ2n) is 6.90. The molecule has 2 heterocycles. The highest BCUT2D eigenvalue weighted by Crippen LogP contribution is 2.33. The van der Waals surface area contributed by atoms with Crippen LogP contribution in [0.4, 0.5) is 11.4 Å². The van der Waals surface area contributed by atoms with Gasteiger partial charge in [0.15, 0.2) is 0 Å². The molecule has 0 aliphatic carbocycles. The van der Waals surface area contributed by atoms with Crippen molar-refractivity contribution in [2.45, 2.75) is 26.3 Å². The minimum absolute atomic E-state index is 0.113. The van der Waals surface area contributed by atoms with Gasteiger partial charge >= 0.3 is 0 Å². The first-order valence-electron chi connectivity index (χ1n) is 8.88. The number of carbonyl (C=O) groups excluding carboxylic acids is 1. The zero-order valence-electron chi connectivity index (χ0n) is 15.2. The third-order valence-electron chi connectivity index (χ3n) is 5.25. The molecule has 0 fully saturated rings.